The molecule has 2 aliphatic rings. The molecule has 1 saturated carbocycles. The molecule has 0 N–H and O–H groups in total. The second kappa shape index (κ2) is 3.62. The second-order valence-corrected chi connectivity index (χ2v) is 5.40. The van der Waals surface area contributed by atoms with Crippen LogP contribution in [0.25, 0.3) is 0 Å². The molecular formula is C12H19NO2. The number of piperidine rings is 1. The fourth-order valence-corrected chi connectivity index (χ4v) is 3.17. The van der Waals surface area contributed by atoms with Crippen molar-refractivity contribution in [3.05, 3.63) is 0 Å². The molecule has 15 heavy (non-hydrogen) atoms. The normalized spacial score (nSPS) is 31.1. The van der Waals surface area contributed by atoms with E-state index in [1.165, 1.54) is 17.7 Å². The molecule has 0 aromatic rings. The van der Waals surface area contributed by atoms with Crippen LogP contribution in [-0.4, -0.2) is 23.8 Å². The van der Waals surface area contributed by atoms with Crippen LogP contribution in [0.2, 0.25) is 0 Å². The number of carbonyl (C=O) groups is 2. The highest BCUT2D eigenvalue weighted by Gasteiger charge is 2.44. The summed E-state index contributed by atoms with van der Waals surface area (Å²) in [5, 5.41) is 0. The maximum atomic E-state index is 11.7. The maximum absolute atomic E-state index is 11.7. The number of carbonyl (C=O) groups excluding carboxylic acids is 2. The molecule has 1 aliphatic carbocycles. The summed E-state index contributed by atoms with van der Waals surface area (Å²) in [6.45, 7) is 2.23. The average Bonchev–Trinajstić information content (AvgIpc) is 2.14. The molecular weight excluding hydrogens is 190 g/mol. The zero-order chi connectivity index (χ0) is 11.1. The van der Waals surface area contributed by atoms with Crippen LogP contribution in [0.1, 0.15) is 45.4 Å². The highest BCUT2D eigenvalue weighted by Crippen LogP contribution is 2.46. The van der Waals surface area contributed by atoms with E-state index in [1.807, 2.05) is 0 Å². The number of likely N-dealkylation sites (tertiary alicyclic amines) is 1. The highest BCUT2D eigenvalue weighted by atomic mass is 16.2. The Morgan fingerprint density at radius 1 is 1.27 bits per heavy atom. The molecule has 84 valence electrons. The van der Waals surface area contributed by atoms with Crippen LogP contribution in [0.4, 0.5) is 0 Å². The number of rotatable bonds is 0. The molecule has 2 amide bonds. The van der Waals surface area contributed by atoms with Gasteiger partial charge < -0.3 is 0 Å². The van der Waals surface area contributed by atoms with Crippen LogP contribution in [0.15, 0.2) is 0 Å². The van der Waals surface area contributed by atoms with Crippen LogP contribution in [-0.2, 0) is 9.59 Å². The van der Waals surface area contributed by atoms with E-state index in [0.29, 0.717) is 18.8 Å². The Hall–Kier alpha value is -0.860. The first kappa shape index (κ1) is 10.7. The van der Waals surface area contributed by atoms with Gasteiger partial charge in [-0.05, 0) is 24.2 Å². The lowest BCUT2D eigenvalue weighted by molar-refractivity contribution is -0.153. The van der Waals surface area contributed by atoms with Crippen molar-refractivity contribution in [3.63, 3.8) is 0 Å². The highest BCUT2D eigenvalue weighted by molar-refractivity contribution is 5.98. The fraction of sp³-hybridized carbons (Fsp3) is 0.833. The smallest absolute Gasteiger partial charge is 0.229 e. The molecule has 0 aromatic heterocycles. The molecule has 2 fully saturated rings. The SMILES string of the molecule is CC1CCCC2(CC(=O)N(C)C(=O)C2)C1. The van der Waals surface area contributed by atoms with Gasteiger partial charge in [0.1, 0.15) is 0 Å². The monoisotopic (exact) mass is 209 g/mol. The molecule has 3 nitrogen and oxygen atoms in total. The number of amides is 2. The Balaban J connectivity index is 2.15. The summed E-state index contributed by atoms with van der Waals surface area (Å²) in [7, 11) is 1.60. The third-order valence-corrected chi connectivity index (χ3v) is 3.99. The predicted octanol–water partition coefficient (Wildman–Crippen LogP) is 1.96. The maximum Gasteiger partial charge on any atom is 0.229 e. The van der Waals surface area contributed by atoms with Crippen molar-refractivity contribution in [2.24, 2.45) is 11.3 Å². The first-order valence-electron chi connectivity index (χ1n) is 5.82. The van der Waals surface area contributed by atoms with Crippen molar-refractivity contribution in [1.29, 1.82) is 0 Å². The summed E-state index contributed by atoms with van der Waals surface area (Å²) in [5.41, 5.74) is 0.0122. The molecule has 3 heteroatoms. The van der Waals surface area contributed by atoms with E-state index in [-0.39, 0.29) is 17.2 Å². The molecule has 0 aromatic carbocycles. The van der Waals surface area contributed by atoms with Crippen molar-refractivity contribution in [2.75, 3.05) is 7.05 Å². The van der Waals surface area contributed by atoms with Crippen LogP contribution in [0, 0.1) is 11.3 Å². The van der Waals surface area contributed by atoms with Gasteiger partial charge in [-0.15, -0.1) is 0 Å². The van der Waals surface area contributed by atoms with Crippen molar-refractivity contribution < 1.29 is 9.59 Å². The number of nitrogens with zero attached hydrogens (tertiary/aromatic N) is 1. The van der Waals surface area contributed by atoms with Gasteiger partial charge in [0.05, 0.1) is 0 Å². The molecule has 1 saturated heterocycles. The van der Waals surface area contributed by atoms with Crippen LogP contribution >= 0.6 is 0 Å². The van der Waals surface area contributed by atoms with Crippen molar-refractivity contribution in [3.8, 4) is 0 Å². The van der Waals surface area contributed by atoms with E-state index < -0.39 is 0 Å². The lowest BCUT2D eigenvalue weighted by atomic mass is 9.65. The van der Waals surface area contributed by atoms with Gasteiger partial charge in [-0.1, -0.05) is 19.8 Å². The summed E-state index contributed by atoms with van der Waals surface area (Å²) in [5.74, 6) is 0.698. The summed E-state index contributed by atoms with van der Waals surface area (Å²) in [6, 6.07) is 0. The lowest BCUT2D eigenvalue weighted by Crippen LogP contribution is -2.47. The Labute approximate surface area is 90.8 Å². The second-order valence-electron chi connectivity index (χ2n) is 5.40. The van der Waals surface area contributed by atoms with Gasteiger partial charge in [-0.3, -0.25) is 14.5 Å². The minimum absolute atomic E-state index is 0.0122. The van der Waals surface area contributed by atoms with Gasteiger partial charge in [0.25, 0.3) is 0 Å². The van der Waals surface area contributed by atoms with E-state index in [0.717, 1.165) is 12.8 Å². The molecule has 2 rings (SSSR count). The van der Waals surface area contributed by atoms with Gasteiger partial charge in [-0.2, -0.15) is 0 Å². The number of hydrogen-bond acceptors (Lipinski definition) is 2. The quantitative estimate of drug-likeness (QED) is 0.572. The molecule has 1 aliphatic heterocycles. The average molecular weight is 209 g/mol. The summed E-state index contributed by atoms with van der Waals surface area (Å²) in [6.07, 6.45) is 5.70. The van der Waals surface area contributed by atoms with Crippen molar-refractivity contribution in [1.82, 2.24) is 4.90 Å². The number of imide groups is 1. The van der Waals surface area contributed by atoms with E-state index in [1.54, 1.807) is 7.05 Å². The minimum atomic E-state index is 0.0122. The summed E-state index contributed by atoms with van der Waals surface area (Å²) in [4.78, 5) is 24.7. The van der Waals surface area contributed by atoms with Gasteiger partial charge in [0, 0.05) is 19.9 Å². The van der Waals surface area contributed by atoms with Gasteiger partial charge in [-0.25, -0.2) is 0 Å². The zero-order valence-corrected chi connectivity index (χ0v) is 9.58. The standard InChI is InChI=1S/C12H19NO2/c1-9-4-3-5-12(6-9)7-10(14)13(2)11(15)8-12/h9H,3-8H2,1-2H3. The molecule has 1 heterocycles. The fourth-order valence-electron chi connectivity index (χ4n) is 3.17. The van der Waals surface area contributed by atoms with Gasteiger partial charge in [0.15, 0.2) is 0 Å². The molecule has 1 spiro atoms. The van der Waals surface area contributed by atoms with Crippen LogP contribution in [0.5, 0.6) is 0 Å². The molecule has 1 unspecified atom stereocenters. The van der Waals surface area contributed by atoms with Crippen LogP contribution in [0.3, 0.4) is 0 Å². The molecule has 1 atom stereocenters. The van der Waals surface area contributed by atoms with Gasteiger partial charge >= 0.3 is 0 Å². The van der Waals surface area contributed by atoms with Crippen molar-refractivity contribution in [2.45, 2.75) is 45.4 Å². The van der Waals surface area contributed by atoms with E-state index in [9.17, 15) is 9.59 Å². The third kappa shape index (κ3) is 1.92. The minimum Gasteiger partial charge on any atom is -0.286 e. The summed E-state index contributed by atoms with van der Waals surface area (Å²) >= 11 is 0. The van der Waals surface area contributed by atoms with E-state index >= 15 is 0 Å². The predicted molar refractivity (Wildman–Crippen MR) is 57.1 cm³/mol. The Morgan fingerprint density at radius 2 is 1.87 bits per heavy atom. The molecule has 0 bridgehead atoms. The van der Waals surface area contributed by atoms with Crippen molar-refractivity contribution >= 4 is 11.8 Å². The Kier molecular flexibility index (Phi) is 2.57. The lowest BCUT2D eigenvalue weighted by Gasteiger charge is -2.43. The van der Waals surface area contributed by atoms with E-state index in [2.05, 4.69) is 6.92 Å². The topological polar surface area (TPSA) is 37.4 Å². The largest absolute Gasteiger partial charge is 0.286 e. The van der Waals surface area contributed by atoms with Crippen LogP contribution < -0.4 is 0 Å². The summed E-state index contributed by atoms with van der Waals surface area (Å²) < 4.78 is 0. The Bertz CT molecular complexity index is 280. The third-order valence-electron chi connectivity index (χ3n) is 3.99. The zero-order valence-electron chi connectivity index (χ0n) is 9.58. The first-order chi connectivity index (χ1) is 7.02. The Morgan fingerprint density at radius 3 is 2.40 bits per heavy atom. The molecule has 0 radical (unpaired) electrons. The first-order valence-corrected chi connectivity index (χ1v) is 5.82. The van der Waals surface area contributed by atoms with E-state index in [4.69, 9.17) is 0 Å². The number of hydrogen-bond donors (Lipinski definition) is 0. The van der Waals surface area contributed by atoms with Gasteiger partial charge in [0.2, 0.25) is 11.8 Å².